The van der Waals surface area contributed by atoms with E-state index in [9.17, 15) is 4.79 Å². The van der Waals surface area contributed by atoms with Gasteiger partial charge in [0.15, 0.2) is 0 Å². The molecule has 2 heterocycles. The summed E-state index contributed by atoms with van der Waals surface area (Å²) < 4.78 is 1.73. The van der Waals surface area contributed by atoms with Gasteiger partial charge in [0.25, 0.3) is 5.91 Å². The molecule has 2 N–H and O–H groups in total. The number of aromatic nitrogens is 2. The van der Waals surface area contributed by atoms with E-state index in [1.807, 2.05) is 18.9 Å². The summed E-state index contributed by atoms with van der Waals surface area (Å²) in [5, 5.41) is 4.13. The number of nitrogens with two attached hydrogens (primary N) is 1. The molecule has 5 nitrogen and oxygen atoms in total. The Labute approximate surface area is 120 Å². The zero-order valence-electron chi connectivity index (χ0n) is 12.0. The molecule has 1 atom stereocenters. The number of aryl methyl sites for hydroxylation is 1. The summed E-state index contributed by atoms with van der Waals surface area (Å²) in [7, 11) is 1.85. The van der Waals surface area contributed by atoms with Crippen molar-refractivity contribution in [2.45, 2.75) is 33.2 Å². The number of rotatable bonds is 1. The third-order valence-corrected chi connectivity index (χ3v) is 4.07. The van der Waals surface area contributed by atoms with Crippen molar-refractivity contribution in [1.82, 2.24) is 14.7 Å². The highest BCUT2D eigenvalue weighted by Gasteiger charge is 2.36. The Balaban J connectivity index is 0.00000180. The van der Waals surface area contributed by atoms with Crippen LogP contribution in [-0.2, 0) is 7.05 Å². The second-order valence-electron chi connectivity index (χ2n) is 5.88. The number of piperidine rings is 1. The largest absolute Gasteiger partial charge is 0.338 e. The standard InChI is InChI=1S/C13H22N4O.ClH/c1-9-10(7-15-16(9)4)12(18)17-6-5-11(14)13(2,3)8-17;/h7,11H,5-6,8,14H2,1-4H3;1H. The monoisotopic (exact) mass is 286 g/mol. The van der Waals surface area contributed by atoms with Gasteiger partial charge in [-0.2, -0.15) is 5.10 Å². The normalized spacial score (nSPS) is 21.9. The van der Waals surface area contributed by atoms with Gasteiger partial charge in [-0.25, -0.2) is 0 Å². The van der Waals surface area contributed by atoms with Crippen molar-refractivity contribution in [1.29, 1.82) is 0 Å². The van der Waals surface area contributed by atoms with E-state index in [-0.39, 0.29) is 29.8 Å². The smallest absolute Gasteiger partial charge is 0.257 e. The van der Waals surface area contributed by atoms with Crippen LogP contribution in [0, 0.1) is 12.3 Å². The first-order valence-electron chi connectivity index (χ1n) is 6.36. The molecule has 1 aromatic rings. The van der Waals surface area contributed by atoms with Crippen molar-refractivity contribution in [3.63, 3.8) is 0 Å². The summed E-state index contributed by atoms with van der Waals surface area (Å²) in [6, 6.07) is 0.163. The van der Waals surface area contributed by atoms with Crippen LogP contribution in [0.1, 0.15) is 36.3 Å². The maximum Gasteiger partial charge on any atom is 0.257 e. The van der Waals surface area contributed by atoms with Crippen molar-refractivity contribution in [3.8, 4) is 0 Å². The molecule has 1 aliphatic heterocycles. The van der Waals surface area contributed by atoms with Gasteiger partial charge in [-0.15, -0.1) is 12.4 Å². The lowest BCUT2D eigenvalue weighted by molar-refractivity contribution is 0.0532. The fraction of sp³-hybridized carbons (Fsp3) is 0.692. The van der Waals surface area contributed by atoms with Crippen LogP contribution in [0.3, 0.4) is 0 Å². The van der Waals surface area contributed by atoms with Crippen LogP contribution in [0.25, 0.3) is 0 Å². The Hall–Kier alpha value is -1.07. The number of carbonyl (C=O) groups is 1. The number of hydrogen-bond acceptors (Lipinski definition) is 3. The van der Waals surface area contributed by atoms with Crippen LogP contribution in [0.5, 0.6) is 0 Å². The first kappa shape index (κ1) is 16.0. The van der Waals surface area contributed by atoms with Gasteiger partial charge in [0.2, 0.25) is 0 Å². The van der Waals surface area contributed by atoms with Crippen molar-refractivity contribution in [2.75, 3.05) is 13.1 Å². The molecule has 0 radical (unpaired) electrons. The second kappa shape index (κ2) is 5.51. The molecule has 1 amide bonds. The minimum atomic E-state index is -0.0238. The third-order valence-electron chi connectivity index (χ3n) is 4.07. The predicted octanol–water partition coefficient (Wildman–Crippen LogP) is 1.35. The van der Waals surface area contributed by atoms with E-state index in [1.54, 1.807) is 10.9 Å². The molecule has 108 valence electrons. The second-order valence-corrected chi connectivity index (χ2v) is 5.88. The molecule has 1 aliphatic rings. The van der Waals surface area contributed by atoms with Gasteiger partial charge in [-0.05, 0) is 18.8 Å². The summed E-state index contributed by atoms with van der Waals surface area (Å²) in [4.78, 5) is 14.4. The molecule has 1 aromatic heterocycles. The molecule has 0 spiro atoms. The average molecular weight is 287 g/mol. The molecular formula is C13H23ClN4O. The number of halogens is 1. The summed E-state index contributed by atoms with van der Waals surface area (Å²) in [5.41, 5.74) is 7.68. The molecule has 1 fully saturated rings. The topological polar surface area (TPSA) is 64.2 Å². The molecule has 6 heteroatoms. The van der Waals surface area contributed by atoms with Crippen LogP contribution in [0.15, 0.2) is 6.20 Å². The zero-order chi connectivity index (χ0) is 13.5. The van der Waals surface area contributed by atoms with Crippen LogP contribution < -0.4 is 5.73 Å². The Kier molecular flexibility index (Phi) is 4.63. The lowest BCUT2D eigenvalue weighted by Gasteiger charge is -2.42. The quantitative estimate of drug-likeness (QED) is 0.847. The minimum Gasteiger partial charge on any atom is -0.338 e. The third kappa shape index (κ3) is 2.92. The molecule has 0 aromatic carbocycles. The Morgan fingerprint density at radius 1 is 1.53 bits per heavy atom. The Morgan fingerprint density at radius 2 is 2.16 bits per heavy atom. The predicted molar refractivity (Wildman–Crippen MR) is 77.5 cm³/mol. The van der Waals surface area contributed by atoms with Crippen LogP contribution in [-0.4, -0.2) is 39.7 Å². The van der Waals surface area contributed by atoms with E-state index in [0.29, 0.717) is 12.1 Å². The number of carbonyl (C=O) groups excluding carboxylic acids is 1. The number of hydrogen-bond donors (Lipinski definition) is 1. The molecule has 2 rings (SSSR count). The van der Waals surface area contributed by atoms with Crippen LogP contribution in [0.2, 0.25) is 0 Å². The molecule has 0 bridgehead atoms. The van der Waals surface area contributed by atoms with Gasteiger partial charge in [0.1, 0.15) is 0 Å². The number of likely N-dealkylation sites (tertiary alicyclic amines) is 1. The highest BCUT2D eigenvalue weighted by atomic mass is 35.5. The zero-order valence-corrected chi connectivity index (χ0v) is 12.8. The summed E-state index contributed by atoms with van der Waals surface area (Å²) in [5.74, 6) is 0.0700. The minimum absolute atomic E-state index is 0. The lowest BCUT2D eigenvalue weighted by Crippen LogP contribution is -2.54. The highest BCUT2D eigenvalue weighted by Crippen LogP contribution is 2.28. The van der Waals surface area contributed by atoms with E-state index in [1.165, 1.54) is 0 Å². The maximum absolute atomic E-state index is 12.5. The van der Waals surface area contributed by atoms with E-state index >= 15 is 0 Å². The number of amides is 1. The summed E-state index contributed by atoms with van der Waals surface area (Å²) in [6.07, 6.45) is 2.51. The van der Waals surface area contributed by atoms with E-state index in [0.717, 1.165) is 18.7 Å². The first-order valence-corrected chi connectivity index (χ1v) is 6.36. The van der Waals surface area contributed by atoms with Gasteiger partial charge in [0, 0.05) is 31.9 Å². The van der Waals surface area contributed by atoms with Crippen molar-refractivity contribution in [2.24, 2.45) is 18.2 Å². The lowest BCUT2D eigenvalue weighted by atomic mass is 9.79. The maximum atomic E-state index is 12.5. The Morgan fingerprint density at radius 3 is 2.63 bits per heavy atom. The SMILES string of the molecule is Cc1c(C(=O)N2CCC(N)C(C)(C)C2)cnn1C.Cl. The molecule has 1 unspecified atom stereocenters. The van der Waals surface area contributed by atoms with Crippen molar-refractivity contribution < 1.29 is 4.79 Å². The van der Waals surface area contributed by atoms with Gasteiger partial charge >= 0.3 is 0 Å². The van der Waals surface area contributed by atoms with Crippen molar-refractivity contribution in [3.05, 3.63) is 17.5 Å². The average Bonchev–Trinajstić information content (AvgIpc) is 2.63. The van der Waals surface area contributed by atoms with Crippen LogP contribution in [0.4, 0.5) is 0 Å². The van der Waals surface area contributed by atoms with E-state index < -0.39 is 0 Å². The van der Waals surface area contributed by atoms with Gasteiger partial charge in [-0.1, -0.05) is 13.8 Å². The van der Waals surface area contributed by atoms with Gasteiger partial charge in [-0.3, -0.25) is 9.48 Å². The molecule has 1 saturated heterocycles. The Bertz CT molecular complexity index is 469. The molecule has 19 heavy (non-hydrogen) atoms. The van der Waals surface area contributed by atoms with Crippen LogP contribution >= 0.6 is 12.4 Å². The summed E-state index contributed by atoms with van der Waals surface area (Å²) >= 11 is 0. The van der Waals surface area contributed by atoms with Gasteiger partial charge in [0.05, 0.1) is 11.8 Å². The molecule has 0 aliphatic carbocycles. The molecule has 0 saturated carbocycles. The fourth-order valence-corrected chi connectivity index (χ4v) is 2.43. The fourth-order valence-electron chi connectivity index (χ4n) is 2.43. The highest BCUT2D eigenvalue weighted by molar-refractivity contribution is 5.95. The summed E-state index contributed by atoms with van der Waals surface area (Å²) in [6.45, 7) is 7.60. The van der Waals surface area contributed by atoms with E-state index in [4.69, 9.17) is 5.73 Å². The molecular weight excluding hydrogens is 264 g/mol. The van der Waals surface area contributed by atoms with E-state index in [2.05, 4.69) is 18.9 Å². The van der Waals surface area contributed by atoms with Gasteiger partial charge < -0.3 is 10.6 Å². The van der Waals surface area contributed by atoms with Crippen molar-refractivity contribution >= 4 is 18.3 Å². The number of nitrogens with zero attached hydrogens (tertiary/aromatic N) is 3. The first-order chi connectivity index (χ1) is 8.33.